The van der Waals surface area contributed by atoms with Crippen molar-refractivity contribution in [1.29, 1.82) is 0 Å². The van der Waals surface area contributed by atoms with Crippen molar-refractivity contribution in [3.8, 4) is 0 Å². The van der Waals surface area contributed by atoms with Crippen molar-refractivity contribution >= 4 is 8.88 Å². The molecular weight excluding hydrogens is 280 g/mol. The minimum absolute atomic E-state index is 0.464. The molecule has 0 fully saturated rings. The molecule has 0 aliphatic rings. The summed E-state index contributed by atoms with van der Waals surface area (Å²) in [5, 5.41) is 0. The first-order valence-corrected chi connectivity index (χ1v) is 10.8. The second-order valence-corrected chi connectivity index (χ2v) is 7.95. The van der Waals surface area contributed by atoms with Crippen LogP contribution in [0.5, 0.6) is 0 Å². The summed E-state index contributed by atoms with van der Waals surface area (Å²) in [5.41, 5.74) is 0. The van der Waals surface area contributed by atoms with Gasteiger partial charge in [-0.3, -0.25) is 9.96 Å². The van der Waals surface area contributed by atoms with Gasteiger partial charge in [-0.05, 0) is 39.5 Å². The van der Waals surface area contributed by atoms with E-state index in [0.29, 0.717) is 25.3 Å². The average Bonchev–Trinajstić information content (AvgIpc) is 2.47. The smallest absolute Gasteiger partial charge is 0.371 e. The third-order valence-electron chi connectivity index (χ3n) is 3.74. The van der Waals surface area contributed by atoms with Gasteiger partial charge in [0, 0.05) is 25.3 Å². The van der Waals surface area contributed by atoms with Crippen LogP contribution in [0.25, 0.3) is 0 Å². The fraction of sp³-hybridized carbons (Fsp3) is 1.00. The predicted octanol–water partition coefficient (Wildman–Crippen LogP) is 3.83. The highest BCUT2D eigenvalue weighted by Crippen LogP contribution is 2.12. The molecule has 0 spiro atoms. The number of rotatable bonds is 14. The first kappa shape index (κ1) is 21.1. The molecule has 0 aromatic carbocycles. The molecule has 21 heavy (non-hydrogen) atoms. The maximum atomic E-state index is 6.12. The maximum Gasteiger partial charge on any atom is 0.517 e. The van der Waals surface area contributed by atoms with E-state index in [-0.39, 0.29) is 0 Å². The van der Waals surface area contributed by atoms with Gasteiger partial charge in [0.05, 0.1) is 0 Å². The molecule has 0 rings (SSSR count). The number of hydrogen-bond acceptors (Lipinski definition) is 4. The Morgan fingerprint density at radius 3 is 1.33 bits per heavy atom. The Balaban J connectivity index is 5.01. The molecule has 0 aromatic heterocycles. The second kappa shape index (κ2) is 12.6. The molecule has 0 aliphatic heterocycles. The van der Waals surface area contributed by atoms with E-state index < -0.39 is 8.88 Å². The van der Waals surface area contributed by atoms with Crippen LogP contribution in [0.3, 0.4) is 0 Å². The largest absolute Gasteiger partial charge is 0.517 e. The summed E-state index contributed by atoms with van der Waals surface area (Å²) < 4.78 is 12.2. The van der Waals surface area contributed by atoms with Crippen LogP contribution in [0, 0.1) is 0 Å². The second-order valence-electron chi connectivity index (χ2n) is 5.56. The fourth-order valence-electron chi connectivity index (χ4n) is 2.65. The van der Waals surface area contributed by atoms with Crippen LogP contribution in [-0.4, -0.2) is 34.2 Å². The van der Waals surface area contributed by atoms with Gasteiger partial charge in [-0.2, -0.15) is 0 Å². The van der Waals surface area contributed by atoms with E-state index >= 15 is 0 Å². The number of hydrogen-bond donors (Lipinski definition) is 2. The summed E-state index contributed by atoms with van der Waals surface area (Å²) in [5.74, 6) is 0. The molecule has 0 amide bonds. The monoisotopic (exact) mass is 318 g/mol. The quantitative estimate of drug-likeness (QED) is 0.478. The number of nitrogens with one attached hydrogen (secondary N) is 2. The van der Waals surface area contributed by atoms with Crippen molar-refractivity contribution in [3.63, 3.8) is 0 Å². The van der Waals surface area contributed by atoms with Crippen LogP contribution in [-0.2, 0) is 8.85 Å². The zero-order chi connectivity index (χ0) is 16.1. The molecule has 0 saturated heterocycles. The van der Waals surface area contributed by atoms with Crippen LogP contribution in [0.1, 0.15) is 80.1 Å². The van der Waals surface area contributed by atoms with Crippen molar-refractivity contribution in [1.82, 2.24) is 9.96 Å². The molecule has 2 N–H and O–H groups in total. The van der Waals surface area contributed by atoms with Gasteiger partial charge >= 0.3 is 8.88 Å². The minimum atomic E-state index is -2.54. The highest BCUT2D eigenvalue weighted by molar-refractivity contribution is 6.62. The summed E-state index contributed by atoms with van der Waals surface area (Å²) >= 11 is 0. The average molecular weight is 319 g/mol. The van der Waals surface area contributed by atoms with Gasteiger partial charge in [0.15, 0.2) is 0 Å². The van der Waals surface area contributed by atoms with Gasteiger partial charge in [-0.1, -0.05) is 40.5 Å². The Bertz CT molecular complexity index is 218. The van der Waals surface area contributed by atoms with E-state index in [1.807, 2.05) is 13.8 Å². The Kier molecular flexibility index (Phi) is 12.6. The summed E-state index contributed by atoms with van der Waals surface area (Å²) in [6, 6.07) is 0.929. The van der Waals surface area contributed by atoms with E-state index in [2.05, 4.69) is 37.7 Å². The molecule has 2 unspecified atom stereocenters. The van der Waals surface area contributed by atoms with E-state index in [1.54, 1.807) is 0 Å². The van der Waals surface area contributed by atoms with Crippen LogP contribution in [0.2, 0.25) is 0 Å². The lowest BCUT2D eigenvalue weighted by Crippen LogP contribution is -2.71. The molecule has 0 heterocycles. The normalized spacial score (nSPS) is 15.1. The van der Waals surface area contributed by atoms with Gasteiger partial charge in [-0.25, -0.2) is 0 Å². The van der Waals surface area contributed by atoms with Gasteiger partial charge < -0.3 is 8.85 Å². The van der Waals surface area contributed by atoms with Crippen molar-refractivity contribution in [3.05, 3.63) is 0 Å². The van der Waals surface area contributed by atoms with Gasteiger partial charge in [0.25, 0.3) is 0 Å². The topological polar surface area (TPSA) is 42.5 Å². The highest BCUT2D eigenvalue weighted by atomic mass is 28.4. The highest BCUT2D eigenvalue weighted by Gasteiger charge is 2.42. The molecule has 0 saturated carbocycles. The summed E-state index contributed by atoms with van der Waals surface area (Å²) in [7, 11) is -2.54. The van der Waals surface area contributed by atoms with Crippen LogP contribution in [0.15, 0.2) is 0 Å². The molecule has 2 atom stereocenters. The van der Waals surface area contributed by atoms with Gasteiger partial charge in [-0.15, -0.1) is 0 Å². The zero-order valence-corrected chi connectivity index (χ0v) is 16.1. The summed E-state index contributed by atoms with van der Waals surface area (Å²) in [6.07, 6.45) is 6.90. The first-order valence-electron chi connectivity index (χ1n) is 8.94. The summed E-state index contributed by atoms with van der Waals surface area (Å²) in [4.78, 5) is 7.45. The van der Waals surface area contributed by atoms with E-state index in [1.165, 1.54) is 12.8 Å². The van der Waals surface area contributed by atoms with E-state index in [4.69, 9.17) is 8.85 Å². The third-order valence-corrected chi connectivity index (χ3v) is 6.71. The Morgan fingerprint density at radius 2 is 1.10 bits per heavy atom. The Hall–Kier alpha value is 0.0569. The molecule has 4 nitrogen and oxygen atoms in total. The fourth-order valence-corrected chi connectivity index (χ4v) is 5.73. The Labute approximate surface area is 133 Å². The van der Waals surface area contributed by atoms with E-state index in [0.717, 1.165) is 25.7 Å². The lowest BCUT2D eigenvalue weighted by molar-refractivity contribution is 0.147. The molecule has 0 radical (unpaired) electrons. The molecule has 128 valence electrons. The maximum absolute atomic E-state index is 6.12. The standard InChI is InChI=1S/C16H38N2O2Si/c1-7-13-15(9-3)17-21(19-11-5,20-12-6)18-16(10-4)14-8-2/h15-18H,7-14H2,1-6H3. The minimum Gasteiger partial charge on any atom is -0.371 e. The molecule has 5 heteroatoms. The van der Waals surface area contributed by atoms with E-state index in [9.17, 15) is 0 Å². The van der Waals surface area contributed by atoms with Gasteiger partial charge in [0.1, 0.15) is 0 Å². The van der Waals surface area contributed by atoms with Crippen LogP contribution in [0.4, 0.5) is 0 Å². The van der Waals surface area contributed by atoms with Crippen LogP contribution >= 0.6 is 0 Å². The Morgan fingerprint density at radius 1 is 0.714 bits per heavy atom. The van der Waals surface area contributed by atoms with Crippen LogP contribution < -0.4 is 9.96 Å². The first-order chi connectivity index (χ1) is 10.1. The lowest BCUT2D eigenvalue weighted by Gasteiger charge is -2.36. The molecular formula is C16H38N2O2Si. The predicted molar refractivity (Wildman–Crippen MR) is 93.3 cm³/mol. The molecule has 0 aromatic rings. The SMILES string of the molecule is CCCC(CC)N[Si](NC(CC)CCC)(OCC)OCC. The van der Waals surface area contributed by atoms with Crippen molar-refractivity contribution in [2.45, 2.75) is 92.2 Å². The zero-order valence-electron chi connectivity index (χ0n) is 15.1. The van der Waals surface area contributed by atoms with Crippen molar-refractivity contribution < 1.29 is 8.85 Å². The third kappa shape index (κ3) is 8.31. The lowest BCUT2D eigenvalue weighted by atomic mass is 10.1. The van der Waals surface area contributed by atoms with Crippen molar-refractivity contribution in [2.24, 2.45) is 0 Å². The van der Waals surface area contributed by atoms with Gasteiger partial charge in [0.2, 0.25) is 0 Å². The van der Waals surface area contributed by atoms with Crippen molar-refractivity contribution in [2.75, 3.05) is 13.2 Å². The molecule has 0 aliphatic carbocycles. The summed E-state index contributed by atoms with van der Waals surface area (Å²) in [6.45, 7) is 14.4. The molecule has 0 bridgehead atoms.